The summed E-state index contributed by atoms with van der Waals surface area (Å²) in [6.45, 7) is 5.00. The van der Waals surface area contributed by atoms with Gasteiger partial charge >= 0.3 is 6.03 Å². The fourth-order valence-corrected chi connectivity index (χ4v) is 2.73. The first-order valence-electron chi connectivity index (χ1n) is 7.61. The SMILES string of the molecule is CCCN(CC1CCOC1)C(=O)Nc1cc(Cl)ccc1OC. The van der Waals surface area contributed by atoms with Gasteiger partial charge in [-0.3, -0.25) is 0 Å². The second-order valence-corrected chi connectivity index (χ2v) is 5.89. The number of methoxy groups -OCH3 is 1. The average Bonchev–Trinajstić information content (AvgIpc) is 3.00. The first kappa shape index (κ1) is 16.9. The third-order valence-electron chi connectivity index (χ3n) is 3.69. The second kappa shape index (κ2) is 8.25. The van der Waals surface area contributed by atoms with E-state index >= 15 is 0 Å². The Bertz CT molecular complexity index is 504. The lowest BCUT2D eigenvalue weighted by Crippen LogP contribution is -2.39. The van der Waals surface area contributed by atoms with Crippen molar-refractivity contribution in [1.29, 1.82) is 0 Å². The Morgan fingerprint density at radius 1 is 1.55 bits per heavy atom. The predicted molar refractivity (Wildman–Crippen MR) is 87.8 cm³/mol. The Morgan fingerprint density at radius 3 is 3.00 bits per heavy atom. The van der Waals surface area contributed by atoms with Crippen LogP contribution in [-0.4, -0.2) is 44.3 Å². The third-order valence-corrected chi connectivity index (χ3v) is 3.92. The summed E-state index contributed by atoms with van der Waals surface area (Å²) in [5, 5.41) is 3.46. The number of nitrogens with zero attached hydrogens (tertiary/aromatic N) is 1. The van der Waals surface area contributed by atoms with Crippen molar-refractivity contribution in [2.24, 2.45) is 5.92 Å². The molecule has 6 heteroatoms. The van der Waals surface area contributed by atoms with Crippen LogP contribution in [0.25, 0.3) is 0 Å². The van der Waals surface area contributed by atoms with E-state index in [0.29, 0.717) is 35.5 Å². The minimum atomic E-state index is -0.130. The number of hydrogen-bond acceptors (Lipinski definition) is 3. The molecule has 1 aromatic carbocycles. The van der Waals surface area contributed by atoms with Crippen molar-refractivity contribution in [1.82, 2.24) is 4.90 Å². The van der Waals surface area contributed by atoms with Gasteiger partial charge in [-0.25, -0.2) is 4.79 Å². The summed E-state index contributed by atoms with van der Waals surface area (Å²) in [4.78, 5) is 14.4. The maximum Gasteiger partial charge on any atom is 0.321 e. The van der Waals surface area contributed by atoms with Gasteiger partial charge in [0.2, 0.25) is 0 Å². The van der Waals surface area contributed by atoms with E-state index in [1.807, 2.05) is 4.90 Å². The van der Waals surface area contributed by atoms with Crippen LogP contribution in [0.5, 0.6) is 5.75 Å². The highest BCUT2D eigenvalue weighted by molar-refractivity contribution is 6.31. The lowest BCUT2D eigenvalue weighted by Gasteiger charge is -2.25. The largest absolute Gasteiger partial charge is 0.495 e. The van der Waals surface area contributed by atoms with Crippen molar-refractivity contribution in [3.05, 3.63) is 23.2 Å². The Balaban J connectivity index is 2.05. The number of amides is 2. The number of ether oxygens (including phenoxy) is 2. The summed E-state index contributed by atoms with van der Waals surface area (Å²) < 4.78 is 10.7. The zero-order valence-corrected chi connectivity index (χ0v) is 13.9. The summed E-state index contributed by atoms with van der Waals surface area (Å²) in [5.74, 6) is 1.01. The molecule has 1 unspecified atom stereocenters. The Labute approximate surface area is 136 Å². The van der Waals surface area contributed by atoms with Crippen molar-refractivity contribution in [3.63, 3.8) is 0 Å². The van der Waals surface area contributed by atoms with Crippen LogP contribution in [0.4, 0.5) is 10.5 Å². The van der Waals surface area contributed by atoms with Crippen molar-refractivity contribution in [3.8, 4) is 5.75 Å². The lowest BCUT2D eigenvalue weighted by molar-refractivity contribution is 0.169. The van der Waals surface area contributed by atoms with Gasteiger partial charge in [0.1, 0.15) is 5.75 Å². The number of rotatable bonds is 6. The summed E-state index contributed by atoms with van der Waals surface area (Å²) >= 11 is 6.00. The molecule has 0 radical (unpaired) electrons. The van der Waals surface area contributed by atoms with Crippen LogP contribution in [-0.2, 0) is 4.74 Å². The lowest BCUT2D eigenvalue weighted by atomic mass is 10.1. The van der Waals surface area contributed by atoms with Gasteiger partial charge in [-0.05, 0) is 31.0 Å². The molecule has 0 bridgehead atoms. The molecule has 122 valence electrons. The van der Waals surface area contributed by atoms with Crippen LogP contribution < -0.4 is 10.1 Å². The molecule has 0 aromatic heterocycles. The standard InChI is InChI=1S/C16H23ClN2O3/c1-3-7-19(10-12-6-8-22-11-12)16(20)18-14-9-13(17)4-5-15(14)21-2/h4-5,9,12H,3,6-8,10-11H2,1-2H3,(H,18,20). The van der Waals surface area contributed by atoms with Crippen LogP contribution in [0, 0.1) is 5.92 Å². The molecule has 5 nitrogen and oxygen atoms in total. The number of halogens is 1. The molecular weight excluding hydrogens is 304 g/mol. The zero-order valence-electron chi connectivity index (χ0n) is 13.1. The van der Waals surface area contributed by atoms with E-state index in [4.69, 9.17) is 21.1 Å². The molecule has 1 fully saturated rings. The molecule has 1 aliphatic rings. The van der Waals surface area contributed by atoms with Crippen molar-refractivity contribution in [2.45, 2.75) is 19.8 Å². The molecule has 1 N–H and O–H groups in total. The van der Waals surface area contributed by atoms with Crippen LogP contribution in [0.15, 0.2) is 18.2 Å². The summed E-state index contributed by atoms with van der Waals surface area (Å²) in [5.41, 5.74) is 0.587. The normalized spacial score (nSPS) is 17.3. The third kappa shape index (κ3) is 4.52. The first-order valence-corrected chi connectivity index (χ1v) is 7.99. The smallest absolute Gasteiger partial charge is 0.321 e. The zero-order chi connectivity index (χ0) is 15.9. The number of hydrogen-bond donors (Lipinski definition) is 1. The van der Waals surface area contributed by atoms with Gasteiger partial charge in [0.05, 0.1) is 19.4 Å². The van der Waals surface area contributed by atoms with E-state index in [1.165, 1.54) is 0 Å². The van der Waals surface area contributed by atoms with E-state index in [0.717, 1.165) is 26.1 Å². The number of carbonyl (C=O) groups excluding carboxylic acids is 1. The maximum atomic E-state index is 12.5. The van der Waals surface area contributed by atoms with Gasteiger partial charge < -0.3 is 19.7 Å². The van der Waals surface area contributed by atoms with Gasteiger partial charge in [0.15, 0.2) is 0 Å². The highest BCUT2D eigenvalue weighted by Gasteiger charge is 2.22. The molecule has 2 rings (SSSR count). The van der Waals surface area contributed by atoms with E-state index in [2.05, 4.69) is 12.2 Å². The monoisotopic (exact) mass is 326 g/mol. The van der Waals surface area contributed by atoms with E-state index in [-0.39, 0.29) is 6.03 Å². The molecule has 1 saturated heterocycles. The van der Waals surface area contributed by atoms with Crippen LogP contribution in [0.3, 0.4) is 0 Å². The molecule has 0 spiro atoms. The first-order chi connectivity index (χ1) is 10.6. The van der Waals surface area contributed by atoms with Gasteiger partial charge in [-0.2, -0.15) is 0 Å². The Kier molecular flexibility index (Phi) is 6.34. The Morgan fingerprint density at radius 2 is 2.36 bits per heavy atom. The molecule has 1 heterocycles. The Hall–Kier alpha value is -1.46. The summed E-state index contributed by atoms with van der Waals surface area (Å²) in [7, 11) is 1.57. The number of benzene rings is 1. The quantitative estimate of drug-likeness (QED) is 0.868. The number of carbonyl (C=O) groups is 1. The molecular formula is C16H23ClN2O3. The van der Waals surface area contributed by atoms with Crippen LogP contribution >= 0.6 is 11.6 Å². The predicted octanol–water partition coefficient (Wildman–Crippen LogP) is 3.63. The van der Waals surface area contributed by atoms with E-state index in [1.54, 1.807) is 25.3 Å². The van der Waals surface area contributed by atoms with E-state index < -0.39 is 0 Å². The van der Waals surface area contributed by atoms with Gasteiger partial charge in [0.25, 0.3) is 0 Å². The van der Waals surface area contributed by atoms with Crippen LogP contribution in [0.1, 0.15) is 19.8 Å². The summed E-state index contributed by atoms with van der Waals surface area (Å²) in [6.07, 6.45) is 1.92. The van der Waals surface area contributed by atoms with E-state index in [9.17, 15) is 4.79 Å². The van der Waals surface area contributed by atoms with Crippen molar-refractivity contribution >= 4 is 23.3 Å². The fourth-order valence-electron chi connectivity index (χ4n) is 2.56. The van der Waals surface area contributed by atoms with Gasteiger partial charge in [0, 0.05) is 30.6 Å². The minimum Gasteiger partial charge on any atom is -0.495 e. The average molecular weight is 327 g/mol. The van der Waals surface area contributed by atoms with Gasteiger partial charge in [-0.15, -0.1) is 0 Å². The molecule has 22 heavy (non-hydrogen) atoms. The molecule has 1 atom stereocenters. The maximum absolute atomic E-state index is 12.5. The fraction of sp³-hybridized carbons (Fsp3) is 0.562. The minimum absolute atomic E-state index is 0.130. The highest BCUT2D eigenvalue weighted by Crippen LogP contribution is 2.28. The molecule has 0 saturated carbocycles. The number of anilines is 1. The molecule has 1 aromatic rings. The van der Waals surface area contributed by atoms with Crippen molar-refractivity contribution < 1.29 is 14.3 Å². The number of nitrogens with one attached hydrogen (secondary N) is 1. The molecule has 1 aliphatic heterocycles. The number of urea groups is 1. The van der Waals surface area contributed by atoms with Gasteiger partial charge in [-0.1, -0.05) is 18.5 Å². The van der Waals surface area contributed by atoms with Crippen LogP contribution in [0.2, 0.25) is 5.02 Å². The second-order valence-electron chi connectivity index (χ2n) is 5.45. The molecule has 0 aliphatic carbocycles. The molecule has 2 amide bonds. The summed E-state index contributed by atoms with van der Waals surface area (Å²) in [6, 6.07) is 5.04. The highest BCUT2D eigenvalue weighted by atomic mass is 35.5. The van der Waals surface area contributed by atoms with Crippen molar-refractivity contribution in [2.75, 3.05) is 38.7 Å². The topological polar surface area (TPSA) is 50.8 Å².